The normalized spacial score (nSPS) is 23.4. The van der Waals surface area contributed by atoms with Crippen LogP contribution in [0.15, 0.2) is 11.9 Å². The number of hydrogen-bond acceptors (Lipinski definition) is 4. The monoisotopic (exact) mass is 324 g/mol. The number of likely N-dealkylation sites (tertiary alicyclic amines) is 1. The molecule has 0 bridgehead atoms. The average molecular weight is 325 g/mol. The lowest BCUT2D eigenvalue weighted by Crippen LogP contribution is -2.61. The predicted molar refractivity (Wildman–Crippen MR) is 93.9 cm³/mol. The Hall–Kier alpha value is -1.01. The van der Waals surface area contributed by atoms with E-state index in [4.69, 9.17) is 9.94 Å². The van der Waals surface area contributed by atoms with Crippen molar-refractivity contribution in [2.75, 3.05) is 13.1 Å². The maximum absolute atomic E-state index is 8.65. The van der Waals surface area contributed by atoms with Crippen molar-refractivity contribution in [3.63, 3.8) is 0 Å². The number of hydroxylamine groups is 2. The second-order valence-corrected chi connectivity index (χ2v) is 13.0. The summed E-state index contributed by atoms with van der Waals surface area (Å²) < 4.78 is 6.50. The van der Waals surface area contributed by atoms with Crippen LogP contribution in [0.5, 0.6) is 0 Å². The summed E-state index contributed by atoms with van der Waals surface area (Å²) in [4.78, 5) is 2.24. The lowest BCUT2D eigenvalue weighted by atomic mass is 10.1. The van der Waals surface area contributed by atoms with Crippen LogP contribution in [-0.4, -0.2) is 43.4 Å². The molecule has 0 amide bonds. The first-order chi connectivity index (χ1) is 10.0. The molecule has 0 aromatic rings. The van der Waals surface area contributed by atoms with E-state index in [0.29, 0.717) is 11.8 Å². The predicted octanol–water partition coefficient (Wildman–Crippen LogP) is 3.33. The topological polar surface area (TPSA) is 51.6 Å². The van der Waals surface area contributed by atoms with Crippen LogP contribution in [0, 0.1) is 11.3 Å². The lowest BCUT2D eigenvalue weighted by molar-refractivity contribution is -0.0657. The summed E-state index contributed by atoms with van der Waals surface area (Å²) in [6.45, 7) is 17.6. The van der Waals surface area contributed by atoms with Gasteiger partial charge in [0.15, 0.2) is 5.84 Å². The van der Waals surface area contributed by atoms with E-state index in [-0.39, 0.29) is 11.2 Å². The molecule has 2 aliphatic heterocycles. The van der Waals surface area contributed by atoms with E-state index in [9.17, 15) is 0 Å². The Kier molecular flexibility index (Phi) is 4.64. The van der Waals surface area contributed by atoms with E-state index in [1.54, 1.807) is 0 Å². The fourth-order valence-electron chi connectivity index (χ4n) is 2.30. The SMILES string of the molecule is CC(C)C1NC=C(N2CCC2)C(=N)N1O[Si](C)(C)C(C)(C)C. The van der Waals surface area contributed by atoms with Gasteiger partial charge < -0.3 is 14.7 Å². The molecule has 1 fully saturated rings. The maximum atomic E-state index is 8.65. The minimum Gasteiger partial charge on any atom is -0.367 e. The van der Waals surface area contributed by atoms with Gasteiger partial charge in [0, 0.05) is 19.3 Å². The van der Waals surface area contributed by atoms with Crippen molar-refractivity contribution in [2.45, 2.75) is 65.3 Å². The Balaban J connectivity index is 2.24. The van der Waals surface area contributed by atoms with Crippen LogP contribution in [0.25, 0.3) is 0 Å². The number of rotatable bonds is 4. The smallest absolute Gasteiger partial charge is 0.229 e. The molecule has 0 saturated carbocycles. The quantitative estimate of drug-likeness (QED) is 0.779. The van der Waals surface area contributed by atoms with Crippen LogP contribution >= 0.6 is 0 Å². The van der Waals surface area contributed by atoms with Crippen LogP contribution in [0.4, 0.5) is 0 Å². The van der Waals surface area contributed by atoms with Gasteiger partial charge in [-0.1, -0.05) is 34.6 Å². The number of amidine groups is 1. The molecular weight excluding hydrogens is 292 g/mol. The van der Waals surface area contributed by atoms with Crippen molar-refractivity contribution in [3.8, 4) is 0 Å². The van der Waals surface area contributed by atoms with Crippen molar-refractivity contribution in [1.82, 2.24) is 15.3 Å². The minimum absolute atomic E-state index is 0.0200. The molecule has 1 saturated heterocycles. The Morgan fingerprint density at radius 1 is 1.32 bits per heavy atom. The highest BCUT2D eigenvalue weighted by Gasteiger charge is 2.44. The standard InChI is InChI=1S/C16H32N4OSi/c1-12(2)15-18-11-13(19-9-8-10-19)14(17)20(15)21-22(6,7)16(3,4)5/h11-12,15,17-18H,8-10H2,1-7H3. The molecule has 2 rings (SSSR count). The van der Waals surface area contributed by atoms with Crippen LogP contribution in [-0.2, 0) is 4.53 Å². The minimum atomic E-state index is -1.98. The van der Waals surface area contributed by atoms with E-state index in [1.165, 1.54) is 6.42 Å². The second kappa shape index (κ2) is 5.89. The van der Waals surface area contributed by atoms with E-state index in [1.807, 2.05) is 11.3 Å². The molecule has 0 radical (unpaired) electrons. The van der Waals surface area contributed by atoms with Gasteiger partial charge >= 0.3 is 0 Å². The Morgan fingerprint density at radius 3 is 2.32 bits per heavy atom. The van der Waals surface area contributed by atoms with E-state index < -0.39 is 8.32 Å². The summed E-state index contributed by atoms with van der Waals surface area (Å²) in [5, 5.41) is 14.1. The second-order valence-electron chi connectivity index (χ2n) is 8.25. The van der Waals surface area contributed by atoms with E-state index in [0.717, 1.165) is 18.8 Å². The Labute approximate surface area is 136 Å². The molecule has 2 heterocycles. The zero-order chi connectivity index (χ0) is 16.7. The molecule has 2 aliphatic rings. The third-order valence-electron chi connectivity index (χ3n) is 5.07. The molecule has 126 valence electrons. The Bertz CT molecular complexity index is 463. The third kappa shape index (κ3) is 3.17. The summed E-state index contributed by atoms with van der Waals surface area (Å²) in [7, 11) is -1.98. The van der Waals surface area contributed by atoms with Crippen LogP contribution in [0.3, 0.4) is 0 Å². The van der Waals surface area contributed by atoms with Gasteiger partial charge in [-0.15, -0.1) is 0 Å². The maximum Gasteiger partial charge on any atom is 0.229 e. The van der Waals surface area contributed by atoms with Gasteiger partial charge in [0.1, 0.15) is 6.17 Å². The molecule has 0 spiro atoms. The molecule has 1 atom stereocenters. The fourth-order valence-corrected chi connectivity index (χ4v) is 3.27. The zero-order valence-electron chi connectivity index (χ0n) is 15.2. The van der Waals surface area contributed by atoms with E-state index >= 15 is 0 Å². The third-order valence-corrected chi connectivity index (χ3v) is 9.33. The zero-order valence-corrected chi connectivity index (χ0v) is 16.2. The van der Waals surface area contributed by atoms with Gasteiger partial charge in [0.05, 0.1) is 5.70 Å². The molecule has 22 heavy (non-hydrogen) atoms. The van der Waals surface area contributed by atoms with Crippen LogP contribution < -0.4 is 5.32 Å². The van der Waals surface area contributed by atoms with Gasteiger partial charge in [-0.25, -0.2) is 5.06 Å². The highest BCUT2D eigenvalue weighted by molar-refractivity contribution is 6.74. The number of nitrogens with zero attached hydrogens (tertiary/aromatic N) is 2. The highest BCUT2D eigenvalue weighted by atomic mass is 28.4. The van der Waals surface area contributed by atoms with Gasteiger partial charge in [-0.3, -0.25) is 5.41 Å². The van der Waals surface area contributed by atoms with E-state index in [2.05, 4.69) is 57.9 Å². The summed E-state index contributed by atoms with van der Waals surface area (Å²) in [6.07, 6.45) is 3.23. The number of nitrogens with one attached hydrogen (secondary N) is 2. The number of hydrogen-bond donors (Lipinski definition) is 2. The largest absolute Gasteiger partial charge is 0.367 e. The van der Waals surface area contributed by atoms with Gasteiger partial charge in [-0.2, -0.15) is 0 Å². The van der Waals surface area contributed by atoms with Crippen molar-refractivity contribution < 1.29 is 4.53 Å². The van der Waals surface area contributed by atoms with Crippen LogP contribution in [0.2, 0.25) is 18.1 Å². The first-order valence-corrected chi connectivity index (χ1v) is 11.2. The molecule has 0 aromatic carbocycles. The Morgan fingerprint density at radius 2 is 1.91 bits per heavy atom. The van der Waals surface area contributed by atoms with Crippen molar-refractivity contribution >= 4 is 14.2 Å². The summed E-state index contributed by atoms with van der Waals surface area (Å²) >= 11 is 0. The van der Waals surface area contributed by atoms with Crippen molar-refractivity contribution in [2.24, 2.45) is 5.92 Å². The average Bonchev–Trinajstić information content (AvgIpc) is 2.29. The molecule has 0 aromatic heterocycles. The van der Waals surface area contributed by atoms with Crippen molar-refractivity contribution in [1.29, 1.82) is 5.41 Å². The molecule has 1 unspecified atom stereocenters. The van der Waals surface area contributed by atoms with Crippen LogP contribution in [0.1, 0.15) is 41.0 Å². The molecular formula is C16H32N4OSi. The van der Waals surface area contributed by atoms with Gasteiger partial charge in [0.25, 0.3) is 0 Å². The molecule has 6 heteroatoms. The lowest BCUT2D eigenvalue weighted by Gasteiger charge is -2.48. The molecule has 2 N–H and O–H groups in total. The first kappa shape index (κ1) is 17.3. The fraction of sp³-hybridized carbons (Fsp3) is 0.812. The van der Waals surface area contributed by atoms with Gasteiger partial charge in [0.2, 0.25) is 8.32 Å². The molecule has 5 nitrogen and oxygen atoms in total. The molecule has 0 aliphatic carbocycles. The summed E-state index contributed by atoms with van der Waals surface area (Å²) in [5.74, 6) is 0.862. The van der Waals surface area contributed by atoms with Crippen molar-refractivity contribution in [3.05, 3.63) is 11.9 Å². The highest BCUT2D eigenvalue weighted by Crippen LogP contribution is 2.38. The summed E-state index contributed by atoms with van der Waals surface area (Å²) in [5.41, 5.74) is 0.960. The summed E-state index contributed by atoms with van der Waals surface area (Å²) in [6, 6.07) is 0. The van der Waals surface area contributed by atoms with Gasteiger partial charge in [-0.05, 0) is 30.5 Å². The first-order valence-electron chi connectivity index (χ1n) is 8.33.